The van der Waals surface area contributed by atoms with Gasteiger partial charge in [-0.15, -0.1) is 0 Å². The van der Waals surface area contributed by atoms with Gasteiger partial charge in [0.15, 0.2) is 0 Å². The summed E-state index contributed by atoms with van der Waals surface area (Å²) < 4.78 is 18.4. The maximum Gasteiger partial charge on any atom is 0.123 e. The van der Waals surface area contributed by atoms with Crippen molar-refractivity contribution in [3.8, 4) is 0 Å². The summed E-state index contributed by atoms with van der Waals surface area (Å²) in [6, 6.07) is 6.29. The second-order valence-electron chi connectivity index (χ2n) is 5.85. The fourth-order valence-electron chi connectivity index (χ4n) is 2.81. The van der Waals surface area contributed by atoms with Crippen LogP contribution in [0.4, 0.5) is 4.39 Å². The van der Waals surface area contributed by atoms with Crippen LogP contribution >= 0.6 is 0 Å². The van der Waals surface area contributed by atoms with Gasteiger partial charge in [0.2, 0.25) is 0 Å². The van der Waals surface area contributed by atoms with Gasteiger partial charge >= 0.3 is 0 Å². The zero-order valence-electron chi connectivity index (χ0n) is 12.9. The minimum absolute atomic E-state index is 0.259. The number of benzene rings is 1. The fourth-order valence-corrected chi connectivity index (χ4v) is 2.81. The highest BCUT2D eigenvalue weighted by molar-refractivity contribution is 5.23. The summed E-state index contributed by atoms with van der Waals surface area (Å²) in [5.74, 6) is -0.259. The maximum atomic E-state index is 13.1. The molecule has 1 atom stereocenters. The molecule has 1 saturated heterocycles. The fraction of sp³-hybridized carbons (Fsp3) is 0.647. The molecule has 1 aliphatic heterocycles. The number of unbranched alkanes of at least 4 members (excludes halogenated alkanes) is 1. The Kier molecular flexibility index (Phi) is 6.15. The smallest absolute Gasteiger partial charge is 0.123 e. The van der Waals surface area contributed by atoms with Crippen molar-refractivity contribution in [2.24, 2.45) is 0 Å². The van der Waals surface area contributed by atoms with Crippen LogP contribution in [0.2, 0.25) is 0 Å². The summed E-state index contributed by atoms with van der Waals surface area (Å²) >= 11 is 0. The molecule has 1 unspecified atom stereocenters. The van der Waals surface area contributed by atoms with E-state index in [1.807, 2.05) is 0 Å². The number of rotatable bonds is 7. The monoisotopic (exact) mass is 295 g/mol. The third kappa shape index (κ3) is 4.77. The SMILES string of the molecule is CCCCC(O)(CCN1CCOCC1)c1ccc(F)cc1. The first kappa shape index (κ1) is 16.4. The molecule has 1 aliphatic rings. The third-order valence-corrected chi connectivity index (χ3v) is 4.27. The predicted octanol–water partition coefficient (Wildman–Crippen LogP) is 2.93. The first-order chi connectivity index (χ1) is 10.1. The molecule has 1 heterocycles. The second kappa shape index (κ2) is 7.87. The Balaban J connectivity index is 2.02. The molecule has 118 valence electrons. The van der Waals surface area contributed by atoms with E-state index in [9.17, 15) is 9.50 Å². The van der Waals surface area contributed by atoms with Gasteiger partial charge in [-0.25, -0.2) is 4.39 Å². The molecule has 0 bridgehead atoms. The van der Waals surface area contributed by atoms with Crippen LogP contribution in [0.25, 0.3) is 0 Å². The molecule has 0 radical (unpaired) electrons. The normalized spacial score (nSPS) is 19.4. The summed E-state index contributed by atoms with van der Waals surface area (Å²) in [6.45, 7) is 6.35. The minimum atomic E-state index is -0.859. The molecule has 3 nitrogen and oxygen atoms in total. The first-order valence-electron chi connectivity index (χ1n) is 7.92. The van der Waals surface area contributed by atoms with Crippen molar-refractivity contribution in [2.45, 2.75) is 38.2 Å². The van der Waals surface area contributed by atoms with E-state index in [0.717, 1.165) is 57.7 Å². The molecule has 0 spiro atoms. The van der Waals surface area contributed by atoms with Crippen molar-refractivity contribution in [1.82, 2.24) is 4.90 Å². The zero-order chi connectivity index (χ0) is 15.1. The van der Waals surface area contributed by atoms with Crippen LogP contribution in [0.5, 0.6) is 0 Å². The number of nitrogens with zero attached hydrogens (tertiary/aromatic N) is 1. The predicted molar refractivity (Wildman–Crippen MR) is 81.7 cm³/mol. The van der Waals surface area contributed by atoms with Crippen molar-refractivity contribution in [1.29, 1.82) is 0 Å². The Morgan fingerprint density at radius 3 is 2.48 bits per heavy atom. The third-order valence-electron chi connectivity index (χ3n) is 4.27. The molecule has 0 saturated carbocycles. The van der Waals surface area contributed by atoms with Crippen LogP contribution in [0, 0.1) is 5.82 Å². The minimum Gasteiger partial charge on any atom is -0.385 e. The highest BCUT2D eigenvalue weighted by Gasteiger charge is 2.29. The maximum absolute atomic E-state index is 13.1. The first-order valence-corrected chi connectivity index (χ1v) is 7.92. The second-order valence-corrected chi connectivity index (χ2v) is 5.85. The van der Waals surface area contributed by atoms with E-state index in [4.69, 9.17) is 4.74 Å². The topological polar surface area (TPSA) is 32.7 Å². The van der Waals surface area contributed by atoms with Crippen LogP contribution in [0.15, 0.2) is 24.3 Å². The molecule has 1 aromatic carbocycles. The Bertz CT molecular complexity index is 417. The van der Waals surface area contributed by atoms with Gasteiger partial charge in [-0.05, 0) is 30.5 Å². The number of aliphatic hydroxyl groups is 1. The summed E-state index contributed by atoms with van der Waals surface area (Å²) in [4.78, 5) is 2.32. The molecule has 0 amide bonds. The highest BCUT2D eigenvalue weighted by Crippen LogP contribution is 2.31. The number of hydrogen-bond acceptors (Lipinski definition) is 3. The standard InChI is InChI=1S/C17H26FNO2/c1-2-3-8-17(20,15-4-6-16(18)7-5-15)9-10-19-11-13-21-14-12-19/h4-7,20H,2-3,8-14H2,1H3. The van der Waals surface area contributed by atoms with Gasteiger partial charge in [0.25, 0.3) is 0 Å². The number of morpholine rings is 1. The molecule has 1 N–H and O–H groups in total. The molecule has 1 aromatic rings. The molecular weight excluding hydrogens is 269 g/mol. The van der Waals surface area contributed by atoms with E-state index in [-0.39, 0.29) is 5.82 Å². The van der Waals surface area contributed by atoms with E-state index in [2.05, 4.69) is 11.8 Å². The van der Waals surface area contributed by atoms with Crippen LogP contribution < -0.4 is 0 Å². The molecule has 1 fully saturated rings. The van der Waals surface area contributed by atoms with E-state index in [1.54, 1.807) is 12.1 Å². The summed E-state index contributed by atoms with van der Waals surface area (Å²) in [6.07, 6.45) is 3.41. The largest absolute Gasteiger partial charge is 0.385 e. The van der Waals surface area contributed by atoms with Gasteiger partial charge in [0.1, 0.15) is 5.82 Å². The lowest BCUT2D eigenvalue weighted by atomic mass is 9.85. The Morgan fingerprint density at radius 1 is 1.19 bits per heavy atom. The number of ether oxygens (including phenoxy) is 1. The van der Waals surface area contributed by atoms with Gasteiger partial charge in [-0.1, -0.05) is 31.9 Å². The van der Waals surface area contributed by atoms with E-state index < -0.39 is 5.60 Å². The summed E-state index contributed by atoms with van der Waals surface area (Å²) in [7, 11) is 0. The van der Waals surface area contributed by atoms with Gasteiger partial charge < -0.3 is 9.84 Å². The average Bonchev–Trinajstić information content (AvgIpc) is 2.52. The molecule has 4 heteroatoms. The summed E-state index contributed by atoms with van der Waals surface area (Å²) in [5, 5.41) is 11.1. The van der Waals surface area contributed by atoms with E-state index >= 15 is 0 Å². The van der Waals surface area contributed by atoms with Crippen molar-refractivity contribution in [2.75, 3.05) is 32.8 Å². The van der Waals surface area contributed by atoms with Crippen molar-refractivity contribution in [3.63, 3.8) is 0 Å². The molecular formula is C17H26FNO2. The van der Waals surface area contributed by atoms with Crippen LogP contribution in [-0.4, -0.2) is 42.9 Å². The lowest BCUT2D eigenvalue weighted by Crippen LogP contribution is -2.40. The van der Waals surface area contributed by atoms with Crippen LogP contribution in [0.1, 0.15) is 38.2 Å². The number of hydrogen-bond donors (Lipinski definition) is 1. The summed E-state index contributed by atoms with van der Waals surface area (Å²) in [5.41, 5.74) is -0.0345. The van der Waals surface area contributed by atoms with Crippen LogP contribution in [0.3, 0.4) is 0 Å². The molecule has 21 heavy (non-hydrogen) atoms. The number of halogens is 1. The Labute approximate surface area is 126 Å². The highest BCUT2D eigenvalue weighted by atomic mass is 19.1. The van der Waals surface area contributed by atoms with Crippen molar-refractivity contribution in [3.05, 3.63) is 35.6 Å². The Hall–Kier alpha value is -0.970. The average molecular weight is 295 g/mol. The van der Waals surface area contributed by atoms with Gasteiger partial charge in [-0.2, -0.15) is 0 Å². The van der Waals surface area contributed by atoms with E-state index in [0.29, 0.717) is 6.42 Å². The van der Waals surface area contributed by atoms with Gasteiger partial charge in [0.05, 0.1) is 18.8 Å². The van der Waals surface area contributed by atoms with Gasteiger partial charge in [-0.3, -0.25) is 4.90 Å². The molecule has 0 aliphatic carbocycles. The quantitative estimate of drug-likeness (QED) is 0.839. The van der Waals surface area contributed by atoms with Crippen LogP contribution in [-0.2, 0) is 10.3 Å². The van der Waals surface area contributed by atoms with E-state index in [1.165, 1.54) is 12.1 Å². The van der Waals surface area contributed by atoms with Gasteiger partial charge in [0, 0.05) is 19.6 Å². The van der Waals surface area contributed by atoms with Crippen molar-refractivity contribution >= 4 is 0 Å². The lowest BCUT2D eigenvalue weighted by Gasteiger charge is -2.33. The van der Waals surface area contributed by atoms with Crippen molar-refractivity contribution < 1.29 is 14.2 Å². The zero-order valence-corrected chi connectivity index (χ0v) is 12.9. The Morgan fingerprint density at radius 2 is 1.86 bits per heavy atom. The lowest BCUT2D eigenvalue weighted by molar-refractivity contribution is -0.0111. The molecule has 2 rings (SSSR count). The molecule has 0 aromatic heterocycles.